The number of aromatic nitrogens is 2. The van der Waals surface area contributed by atoms with Crippen LogP contribution in [-0.4, -0.2) is 18.3 Å². The van der Waals surface area contributed by atoms with Gasteiger partial charge in [0.2, 0.25) is 6.39 Å². The first-order valence-electron chi connectivity index (χ1n) is 3.93. The van der Waals surface area contributed by atoms with E-state index in [1.807, 2.05) is 0 Å². The lowest BCUT2D eigenvalue weighted by atomic mass is 10.6. The Hall–Kier alpha value is -0.643. The van der Waals surface area contributed by atoms with E-state index in [0.717, 1.165) is 5.51 Å². The molecule has 0 atom stereocenters. The standard InChI is InChI=1S/C7H14N2OSi/c1-4-5-11(2,3)7-9-8-6-10-7/h6H,4-5H2,1-3H3. The molecule has 0 N–H and O–H groups in total. The molecule has 62 valence electrons. The van der Waals surface area contributed by atoms with E-state index in [4.69, 9.17) is 4.42 Å². The van der Waals surface area contributed by atoms with E-state index in [1.165, 1.54) is 18.9 Å². The molecule has 0 aliphatic heterocycles. The normalized spacial score (nSPS) is 11.9. The zero-order valence-corrected chi connectivity index (χ0v) is 8.29. The first-order valence-corrected chi connectivity index (χ1v) is 7.14. The SMILES string of the molecule is CCC[Si](C)(C)c1nnco1. The van der Waals surface area contributed by atoms with Gasteiger partial charge in [0.05, 0.1) is 0 Å². The van der Waals surface area contributed by atoms with Crippen molar-refractivity contribution < 1.29 is 4.42 Å². The second kappa shape index (κ2) is 3.17. The number of hydrogen-bond acceptors (Lipinski definition) is 3. The molecule has 0 fully saturated rings. The van der Waals surface area contributed by atoms with Crippen molar-refractivity contribution in [3.63, 3.8) is 0 Å². The minimum atomic E-state index is -1.37. The molecule has 0 bridgehead atoms. The highest BCUT2D eigenvalue weighted by Gasteiger charge is 2.27. The van der Waals surface area contributed by atoms with E-state index in [0.29, 0.717) is 0 Å². The summed E-state index contributed by atoms with van der Waals surface area (Å²) in [5, 5.41) is 7.64. The van der Waals surface area contributed by atoms with Crippen LogP contribution in [-0.2, 0) is 0 Å². The fourth-order valence-corrected chi connectivity index (χ4v) is 3.36. The van der Waals surface area contributed by atoms with E-state index in [-0.39, 0.29) is 0 Å². The van der Waals surface area contributed by atoms with Crippen molar-refractivity contribution in [1.29, 1.82) is 0 Å². The maximum atomic E-state index is 5.19. The third kappa shape index (κ3) is 1.89. The lowest BCUT2D eigenvalue weighted by Crippen LogP contribution is -2.41. The Balaban J connectivity index is 2.73. The van der Waals surface area contributed by atoms with Crippen molar-refractivity contribution >= 4 is 13.6 Å². The van der Waals surface area contributed by atoms with Gasteiger partial charge in [-0.05, 0) is 6.04 Å². The Bertz CT molecular complexity index is 208. The first kappa shape index (κ1) is 8.45. The zero-order valence-electron chi connectivity index (χ0n) is 7.29. The predicted molar refractivity (Wildman–Crippen MR) is 46.5 cm³/mol. The van der Waals surface area contributed by atoms with Crippen LogP contribution in [0, 0.1) is 0 Å². The molecule has 0 aliphatic carbocycles. The molecule has 0 aliphatic rings. The third-order valence-corrected chi connectivity index (χ3v) is 4.94. The van der Waals surface area contributed by atoms with Gasteiger partial charge >= 0.3 is 0 Å². The average Bonchev–Trinajstić information content (AvgIpc) is 2.37. The highest BCUT2D eigenvalue weighted by atomic mass is 28.3. The molecule has 0 amide bonds. The Labute approximate surface area is 67.8 Å². The highest BCUT2D eigenvalue weighted by molar-refractivity contribution is 6.88. The van der Waals surface area contributed by atoms with Crippen LogP contribution in [0.3, 0.4) is 0 Å². The maximum absolute atomic E-state index is 5.19. The largest absolute Gasteiger partial charge is 0.433 e. The molecule has 0 spiro atoms. The quantitative estimate of drug-likeness (QED) is 0.644. The van der Waals surface area contributed by atoms with Crippen molar-refractivity contribution in [2.24, 2.45) is 0 Å². The summed E-state index contributed by atoms with van der Waals surface area (Å²) in [4.78, 5) is 0. The maximum Gasteiger partial charge on any atom is 0.203 e. The van der Waals surface area contributed by atoms with E-state index < -0.39 is 8.07 Å². The minimum Gasteiger partial charge on any atom is -0.433 e. The third-order valence-electron chi connectivity index (χ3n) is 1.81. The van der Waals surface area contributed by atoms with E-state index in [2.05, 4.69) is 30.2 Å². The molecule has 1 heterocycles. The lowest BCUT2D eigenvalue weighted by molar-refractivity contribution is 0.583. The molecule has 0 radical (unpaired) electrons. The van der Waals surface area contributed by atoms with Crippen molar-refractivity contribution in [1.82, 2.24) is 10.2 Å². The first-order chi connectivity index (χ1) is 5.17. The molecular formula is C7H14N2OSi. The van der Waals surface area contributed by atoms with E-state index >= 15 is 0 Å². The van der Waals surface area contributed by atoms with Crippen LogP contribution in [0.4, 0.5) is 0 Å². The van der Waals surface area contributed by atoms with Crippen LogP contribution < -0.4 is 5.51 Å². The zero-order chi connectivity index (χ0) is 8.32. The monoisotopic (exact) mass is 170 g/mol. The topological polar surface area (TPSA) is 38.9 Å². The van der Waals surface area contributed by atoms with Crippen LogP contribution in [0.15, 0.2) is 10.8 Å². The van der Waals surface area contributed by atoms with Gasteiger partial charge in [-0.2, -0.15) is 0 Å². The van der Waals surface area contributed by atoms with Gasteiger partial charge in [-0.3, -0.25) is 0 Å². The predicted octanol–water partition coefficient (Wildman–Crippen LogP) is 1.39. The van der Waals surface area contributed by atoms with Gasteiger partial charge in [0.15, 0.2) is 13.6 Å². The van der Waals surface area contributed by atoms with Gasteiger partial charge < -0.3 is 4.42 Å². The summed E-state index contributed by atoms with van der Waals surface area (Å²) in [5.41, 5.74) is 0.874. The highest BCUT2D eigenvalue weighted by Crippen LogP contribution is 2.09. The van der Waals surface area contributed by atoms with E-state index in [1.54, 1.807) is 0 Å². The van der Waals surface area contributed by atoms with Crippen LogP contribution in [0.25, 0.3) is 0 Å². The van der Waals surface area contributed by atoms with Crippen molar-refractivity contribution in [2.45, 2.75) is 32.5 Å². The number of hydrogen-bond donors (Lipinski definition) is 0. The van der Waals surface area contributed by atoms with Crippen LogP contribution in [0.2, 0.25) is 19.1 Å². The van der Waals surface area contributed by atoms with Crippen molar-refractivity contribution in [3.05, 3.63) is 6.39 Å². The molecule has 4 heteroatoms. The molecule has 0 unspecified atom stereocenters. The Kier molecular flexibility index (Phi) is 2.44. The van der Waals surface area contributed by atoms with Gasteiger partial charge in [-0.15, -0.1) is 10.2 Å². The van der Waals surface area contributed by atoms with Gasteiger partial charge in [-0.1, -0.05) is 26.4 Å². The summed E-state index contributed by atoms with van der Waals surface area (Å²) >= 11 is 0. The van der Waals surface area contributed by atoms with Gasteiger partial charge in [0.25, 0.3) is 0 Å². The molecule has 0 aromatic carbocycles. The molecule has 11 heavy (non-hydrogen) atoms. The Morgan fingerprint density at radius 3 is 2.73 bits per heavy atom. The summed E-state index contributed by atoms with van der Waals surface area (Å²) in [6.07, 6.45) is 2.61. The Morgan fingerprint density at radius 2 is 2.27 bits per heavy atom. The molecule has 0 saturated carbocycles. The van der Waals surface area contributed by atoms with E-state index in [9.17, 15) is 0 Å². The molecular weight excluding hydrogens is 156 g/mol. The summed E-state index contributed by atoms with van der Waals surface area (Å²) in [5.74, 6) is 0. The smallest absolute Gasteiger partial charge is 0.203 e. The second-order valence-electron chi connectivity index (χ2n) is 3.38. The number of rotatable bonds is 3. The van der Waals surface area contributed by atoms with Crippen molar-refractivity contribution in [2.75, 3.05) is 0 Å². The minimum absolute atomic E-state index is 0.874. The summed E-state index contributed by atoms with van der Waals surface area (Å²) in [6.45, 7) is 6.69. The van der Waals surface area contributed by atoms with Crippen LogP contribution in [0.5, 0.6) is 0 Å². The molecule has 1 rings (SSSR count). The molecule has 0 saturated heterocycles. The van der Waals surface area contributed by atoms with Crippen LogP contribution in [0.1, 0.15) is 13.3 Å². The number of nitrogens with zero attached hydrogens (tertiary/aromatic N) is 2. The summed E-state index contributed by atoms with van der Waals surface area (Å²) in [7, 11) is -1.37. The molecule has 3 nitrogen and oxygen atoms in total. The molecule has 1 aromatic heterocycles. The summed E-state index contributed by atoms with van der Waals surface area (Å²) in [6, 6.07) is 1.22. The van der Waals surface area contributed by atoms with Gasteiger partial charge in [0.1, 0.15) is 0 Å². The van der Waals surface area contributed by atoms with Gasteiger partial charge in [-0.25, -0.2) is 0 Å². The summed E-state index contributed by atoms with van der Waals surface area (Å²) < 4.78 is 5.19. The molecule has 1 aromatic rings. The van der Waals surface area contributed by atoms with Gasteiger partial charge in [0, 0.05) is 0 Å². The Morgan fingerprint density at radius 1 is 1.55 bits per heavy atom. The van der Waals surface area contributed by atoms with Crippen LogP contribution >= 0.6 is 0 Å². The fourth-order valence-electron chi connectivity index (χ4n) is 1.20. The second-order valence-corrected chi connectivity index (χ2v) is 8.07. The lowest BCUT2D eigenvalue weighted by Gasteiger charge is -2.14. The fraction of sp³-hybridized carbons (Fsp3) is 0.714. The average molecular weight is 170 g/mol. The van der Waals surface area contributed by atoms with Crippen molar-refractivity contribution in [3.8, 4) is 0 Å².